The number of carbonyl (C=O) groups excluding carboxylic acids is 1. The van der Waals surface area contributed by atoms with Crippen LogP contribution in [0.4, 0.5) is 13.2 Å². The quantitative estimate of drug-likeness (QED) is 0.428. The van der Waals surface area contributed by atoms with Crippen LogP contribution < -0.4 is 5.32 Å². The highest BCUT2D eigenvalue weighted by Gasteiger charge is 2.30. The van der Waals surface area contributed by atoms with Gasteiger partial charge in [-0.2, -0.15) is 13.2 Å². The van der Waals surface area contributed by atoms with Gasteiger partial charge in [0.15, 0.2) is 5.69 Å². The molecule has 0 fully saturated rings. The first-order valence-electron chi connectivity index (χ1n) is 9.71. The largest absolute Gasteiger partial charge is 0.447 e. The Morgan fingerprint density at radius 1 is 1.12 bits per heavy atom. The average molecular weight is 486 g/mol. The number of carbonyl (C=O) groups is 1. The van der Waals surface area contributed by atoms with Gasteiger partial charge in [0, 0.05) is 19.6 Å². The lowest BCUT2D eigenvalue weighted by atomic mass is 10.1. The van der Waals surface area contributed by atoms with Gasteiger partial charge in [0.2, 0.25) is 5.89 Å². The molecule has 1 aromatic heterocycles. The first kappa shape index (κ1) is 24.1. The molecule has 170 valence electrons. The molecule has 3 rings (SSSR count). The van der Waals surface area contributed by atoms with Crippen LogP contribution in [0.2, 0.25) is 10.0 Å². The number of halogens is 5. The summed E-state index contributed by atoms with van der Waals surface area (Å²) in [4.78, 5) is 17.9. The van der Waals surface area contributed by atoms with E-state index in [0.717, 1.165) is 12.1 Å². The van der Waals surface area contributed by atoms with E-state index in [9.17, 15) is 18.0 Å². The van der Waals surface area contributed by atoms with Crippen LogP contribution in [-0.2, 0) is 25.8 Å². The number of hydrogen-bond donors (Lipinski definition) is 1. The Bertz CT molecular complexity index is 1090. The third-order valence-electron chi connectivity index (χ3n) is 4.57. The van der Waals surface area contributed by atoms with Crippen molar-refractivity contribution in [3.8, 4) is 0 Å². The van der Waals surface area contributed by atoms with Crippen molar-refractivity contribution in [2.45, 2.75) is 32.7 Å². The molecule has 0 saturated carbocycles. The molecule has 2 aromatic carbocycles. The molecule has 0 saturated heterocycles. The van der Waals surface area contributed by atoms with Crippen molar-refractivity contribution in [3.63, 3.8) is 0 Å². The molecular weight excluding hydrogens is 466 g/mol. The van der Waals surface area contributed by atoms with Crippen molar-refractivity contribution in [3.05, 3.63) is 87.0 Å². The molecule has 10 heteroatoms. The topological polar surface area (TPSA) is 58.4 Å². The van der Waals surface area contributed by atoms with Gasteiger partial charge in [-0.1, -0.05) is 53.5 Å². The van der Waals surface area contributed by atoms with Gasteiger partial charge in [-0.25, -0.2) is 4.98 Å². The summed E-state index contributed by atoms with van der Waals surface area (Å²) in [5.74, 6) is -0.124. The molecule has 1 N–H and O–H groups in total. The molecule has 32 heavy (non-hydrogen) atoms. The van der Waals surface area contributed by atoms with E-state index in [4.69, 9.17) is 27.6 Å². The second-order valence-corrected chi connectivity index (χ2v) is 7.83. The van der Waals surface area contributed by atoms with Gasteiger partial charge in [-0.15, -0.1) is 0 Å². The van der Waals surface area contributed by atoms with E-state index >= 15 is 0 Å². The van der Waals surface area contributed by atoms with Gasteiger partial charge in [0.25, 0.3) is 5.91 Å². The van der Waals surface area contributed by atoms with Gasteiger partial charge in [0.1, 0.15) is 6.26 Å². The molecule has 1 amide bonds. The number of rotatable bonds is 8. The highest BCUT2D eigenvalue weighted by atomic mass is 35.5. The predicted molar refractivity (Wildman–Crippen MR) is 115 cm³/mol. The van der Waals surface area contributed by atoms with Crippen LogP contribution in [0.25, 0.3) is 0 Å². The molecule has 0 bridgehead atoms. The van der Waals surface area contributed by atoms with Crippen molar-refractivity contribution < 1.29 is 22.4 Å². The number of nitrogens with zero attached hydrogens (tertiary/aromatic N) is 2. The maximum atomic E-state index is 13.1. The van der Waals surface area contributed by atoms with E-state index in [1.54, 1.807) is 36.1 Å². The predicted octanol–water partition coefficient (Wildman–Crippen LogP) is 5.95. The van der Waals surface area contributed by atoms with Crippen molar-refractivity contribution in [1.29, 1.82) is 0 Å². The summed E-state index contributed by atoms with van der Waals surface area (Å²) < 4.78 is 44.8. The molecule has 0 atom stereocenters. The van der Waals surface area contributed by atoms with Crippen LogP contribution in [-0.4, -0.2) is 22.3 Å². The maximum absolute atomic E-state index is 13.1. The summed E-state index contributed by atoms with van der Waals surface area (Å²) in [6, 6.07) is 10.3. The van der Waals surface area contributed by atoms with Gasteiger partial charge in [0.05, 0.1) is 22.2 Å². The SMILES string of the molecule is CCNC(=O)c1coc(CN(Cc2cccc(C(F)(F)F)c2)Cc2cccc(Cl)c2Cl)n1. The number of oxazole rings is 1. The van der Waals surface area contributed by atoms with Gasteiger partial charge < -0.3 is 9.73 Å². The lowest BCUT2D eigenvalue weighted by Gasteiger charge is -2.22. The van der Waals surface area contributed by atoms with Crippen molar-refractivity contribution >= 4 is 29.1 Å². The van der Waals surface area contributed by atoms with E-state index in [-0.39, 0.29) is 37.1 Å². The Morgan fingerprint density at radius 2 is 1.88 bits per heavy atom. The summed E-state index contributed by atoms with van der Waals surface area (Å²) in [7, 11) is 0. The Balaban J connectivity index is 1.86. The van der Waals surface area contributed by atoms with E-state index in [0.29, 0.717) is 27.7 Å². The van der Waals surface area contributed by atoms with Crippen LogP contribution in [0.1, 0.15) is 40.0 Å². The number of benzene rings is 2. The molecule has 0 radical (unpaired) electrons. The van der Waals surface area contributed by atoms with Crippen molar-refractivity contribution in [2.75, 3.05) is 6.54 Å². The van der Waals surface area contributed by atoms with E-state index in [1.807, 2.05) is 0 Å². The zero-order valence-electron chi connectivity index (χ0n) is 17.0. The second-order valence-electron chi connectivity index (χ2n) is 7.04. The number of aromatic nitrogens is 1. The minimum Gasteiger partial charge on any atom is -0.447 e. The van der Waals surface area contributed by atoms with Crippen molar-refractivity contribution in [2.24, 2.45) is 0 Å². The molecular formula is C22H20Cl2F3N3O2. The van der Waals surface area contributed by atoms with Crippen molar-refractivity contribution in [1.82, 2.24) is 15.2 Å². The highest BCUT2D eigenvalue weighted by Crippen LogP contribution is 2.31. The van der Waals surface area contributed by atoms with Crippen LogP contribution in [0.3, 0.4) is 0 Å². The molecule has 5 nitrogen and oxygen atoms in total. The Labute approximate surface area is 193 Å². The maximum Gasteiger partial charge on any atom is 0.416 e. The molecule has 0 spiro atoms. The van der Waals surface area contributed by atoms with Gasteiger partial charge in [-0.3, -0.25) is 9.69 Å². The number of amides is 1. The summed E-state index contributed by atoms with van der Waals surface area (Å²) in [6.07, 6.45) is -3.20. The minimum absolute atomic E-state index is 0.127. The average Bonchev–Trinajstić information content (AvgIpc) is 3.20. The second kappa shape index (κ2) is 10.4. The molecule has 3 aromatic rings. The lowest BCUT2D eigenvalue weighted by molar-refractivity contribution is -0.137. The number of alkyl halides is 3. The Hall–Kier alpha value is -2.55. The van der Waals surface area contributed by atoms with E-state index in [2.05, 4.69) is 10.3 Å². The summed E-state index contributed by atoms with van der Waals surface area (Å²) >= 11 is 12.4. The number of nitrogens with one attached hydrogen (secondary N) is 1. The number of hydrogen-bond acceptors (Lipinski definition) is 4. The van der Waals surface area contributed by atoms with Crippen LogP contribution in [0.15, 0.2) is 53.1 Å². The fraction of sp³-hybridized carbons (Fsp3) is 0.273. The third kappa shape index (κ3) is 6.25. The van der Waals surface area contributed by atoms with Crippen LogP contribution >= 0.6 is 23.2 Å². The zero-order chi connectivity index (χ0) is 23.3. The molecule has 1 heterocycles. The van der Waals surface area contributed by atoms with Gasteiger partial charge in [-0.05, 0) is 30.2 Å². The third-order valence-corrected chi connectivity index (χ3v) is 5.42. The van der Waals surface area contributed by atoms with Gasteiger partial charge >= 0.3 is 6.18 Å². The summed E-state index contributed by atoms with van der Waals surface area (Å²) in [5, 5.41) is 3.36. The van der Waals surface area contributed by atoms with Crippen LogP contribution in [0.5, 0.6) is 0 Å². The first-order chi connectivity index (χ1) is 15.2. The fourth-order valence-corrected chi connectivity index (χ4v) is 3.49. The van der Waals surface area contributed by atoms with E-state index < -0.39 is 11.7 Å². The van der Waals surface area contributed by atoms with E-state index in [1.165, 1.54) is 12.3 Å². The molecule has 0 unspecified atom stereocenters. The standard InChI is InChI=1S/C22H20Cl2F3N3O2/c1-2-28-21(31)18-13-32-19(29-18)12-30(11-15-6-4-8-17(23)20(15)24)10-14-5-3-7-16(9-14)22(25,26)27/h3-9,13H,2,10-12H2,1H3,(H,28,31). The Morgan fingerprint density at radius 3 is 2.59 bits per heavy atom. The summed E-state index contributed by atoms with van der Waals surface area (Å²) in [6.45, 7) is 2.79. The smallest absolute Gasteiger partial charge is 0.416 e. The zero-order valence-corrected chi connectivity index (χ0v) is 18.6. The molecule has 0 aliphatic heterocycles. The first-order valence-corrected chi connectivity index (χ1v) is 10.5. The normalized spacial score (nSPS) is 11.7. The van der Waals surface area contributed by atoms with Crippen LogP contribution in [0, 0.1) is 0 Å². The molecule has 0 aliphatic carbocycles. The molecule has 0 aliphatic rings. The fourth-order valence-electron chi connectivity index (χ4n) is 3.11. The monoisotopic (exact) mass is 485 g/mol. The Kier molecular flexibility index (Phi) is 7.82. The minimum atomic E-state index is -4.44. The summed E-state index contributed by atoms with van der Waals surface area (Å²) in [5.41, 5.74) is 0.544. The highest BCUT2D eigenvalue weighted by molar-refractivity contribution is 6.42. The lowest BCUT2D eigenvalue weighted by Crippen LogP contribution is -2.24.